The molecule has 0 saturated heterocycles. The average Bonchev–Trinajstić information content (AvgIpc) is 2.64. The lowest BCUT2D eigenvalue weighted by molar-refractivity contribution is -0.120. The van der Waals surface area contributed by atoms with E-state index in [0.717, 1.165) is 12.8 Å². The summed E-state index contributed by atoms with van der Waals surface area (Å²) in [4.78, 5) is 24.1. The van der Waals surface area contributed by atoms with Crippen molar-refractivity contribution in [3.8, 4) is 0 Å². The standard InChI is InChI=1S/C21H32O6/c1-16(22)18(12-21(25)17-8-4-3-5-9-17)10-6-7-11-19(23)14-27-15-20(24)13-26-2/h3-5,8-9,18-20,23-24H,6-7,10-15H2,1-2H3. The zero-order valence-electron chi connectivity index (χ0n) is 16.3. The number of ether oxygens (including phenoxy) is 2. The second-order valence-corrected chi connectivity index (χ2v) is 6.89. The summed E-state index contributed by atoms with van der Waals surface area (Å²) >= 11 is 0. The van der Waals surface area contributed by atoms with Gasteiger partial charge in [-0.25, -0.2) is 0 Å². The molecule has 0 spiro atoms. The van der Waals surface area contributed by atoms with Crippen molar-refractivity contribution in [2.24, 2.45) is 5.92 Å². The molecule has 0 bridgehead atoms. The molecule has 0 saturated carbocycles. The third-order valence-electron chi connectivity index (χ3n) is 4.42. The first-order valence-electron chi connectivity index (χ1n) is 9.45. The van der Waals surface area contributed by atoms with Gasteiger partial charge in [0.25, 0.3) is 0 Å². The number of hydrogen-bond donors (Lipinski definition) is 2. The molecule has 27 heavy (non-hydrogen) atoms. The molecule has 2 N–H and O–H groups in total. The molecule has 0 radical (unpaired) electrons. The van der Waals surface area contributed by atoms with Gasteiger partial charge >= 0.3 is 0 Å². The van der Waals surface area contributed by atoms with Crippen molar-refractivity contribution < 1.29 is 29.3 Å². The number of carbonyl (C=O) groups excluding carboxylic acids is 2. The number of benzene rings is 1. The van der Waals surface area contributed by atoms with Crippen LogP contribution < -0.4 is 0 Å². The number of methoxy groups -OCH3 is 1. The number of aliphatic hydroxyl groups excluding tert-OH is 2. The van der Waals surface area contributed by atoms with Crippen LogP contribution in [0.2, 0.25) is 0 Å². The van der Waals surface area contributed by atoms with Gasteiger partial charge < -0.3 is 19.7 Å². The number of hydrogen-bond acceptors (Lipinski definition) is 6. The van der Waals surface area contributed by atoms with Gasteiger partial charge in [0, 0.05) is 25.0 Å². The average molecular weight is 380 g/mol. The van der Waals surface area contributed by atoms with E-state index in [-0.39, 0.29) is 43.7 Å². The number of ketones is 2. The van der Waals surface area contributed by atoms with Crippen LogP contribution in [0, 0.1) is 5.92 Å². The number of carbonyl (C=O) groups is 2. The zero-order chi connectivity index (χ0) is 20.1. The van der Waals surface area contributed by atoms with Crippen LogP contribution in [0.1, 0.15) is 49.4 Å². The second kappa shape index (κ2) is 13.6. The Hall–Kier alpha value is -1.60. The van der Waals surface area contributed by atoms with E-state index in [4.69, 9.17) is 9.47 Å². The predicted molar refractivity (Wildman–Crippen MR) is 103 cm³/mol. The summed E-state index contributed by atoms with van der Waals surface area (Å²) in [5, 5.41) is 19.4. The van der Waals surface area contributed by atoms with Gasteiger partial charge in [-0.15, -0.1) is 0 Å². The van der Waals surface area contributed by atoms with E-state index < -0.39 is 12.2 Å². The molecule has 3 atom stereocenters. The number of unbranched alkanes of at least 4 members (excludes halogenated alkanes) is 1. The third-order valence-corrected chi connectivity index (χ3v) is 4.42. The normalized spacial score (nSPS) is 14.5. The van der Waals surface area contributed by atoms with Crippen LogP contribution in [0.3, 0.4) is 0 Å². The van der Waals surface area contributed by atoms with E-state index in [1.54, 1.807) is 12.1 Å². The summed E-state index contributed by atoms with van der Waals surface area (Å²) in [6.45, 7) is 2.00. The minimum Gasteiger partial charge on any atom is -0.391 e. The first kappa shape index (κ1) is 23.4. The predicted octanol–water partition coefficient (Wildman–Crippen LogP) is 2.41. The van der Waals surface area contributed by atoms with E-state index >= 15 is 0 Å². The molecule has 0 aliphatic heterocycles. The first-order chi connectivity index (χ1) is 12.9. The van der Waals surface area contributed by atoms with Crippen molar-refractivity contribution in [2.45, 2.75) is 51.2 Å². The van der Waals surface area contributed by atoms with E-state index in [1.165, 1.54) is 14.0 Å². The lowest BCUT2D eigenvalue weighted by Crippen LogP contribution is -2.24. The van der Waals surface area contributed by atoms with Gasteiger partial charge in [0.1, 0.15) is 11.9 Å². The summed E-state index contributed by atoms with van der Waals surface area (Å²) in [5.41, 5.74) is 0.631. The summed E-state index contributed by atoms with van der Waals surface area (Å²) in [7, 11) is 1.50. The minimum atomic E-state index is -0.694. The SMILES string of the molecule is COCC(O)COCC(O)CCCCC(CC(=O)c1ccccc1)C(C)=O. The molecular formula is C21H32O6. The highest BCUT2D eigenvalue weighted by Crippen LogP contribution is 2.18. The van der Waals surface area contributed by atoms with Crippen LogP contribution in [0.15, 0.2) is 30.3 Å². The Balaban J connectivity index is 2.25. The molecule has 1 aromatic rings. The summed E-state index contributed by atoms with van der Waals surface area (Å²) in [5.74, 6) is -0.274. The fourth-order valence-electron chi connectivity index (χ4n) is 2.85. The minimum absolute atomic E-state index is 0.0150. The zero-order valence-corrected chi connectivity index (χ0v) is 16.3. The van der Waals surface area contributed by atoms with Gasteiger partial charge in [-0.3, -0.25) is 9.59 Å². The highest BCUT2D eigenvalue weighted by atomic mass is 16.5. The third kappa shape index (κ3) is 10.3. The van der Waals surface area contributed by atoms with Gasteiger partial charge in [0.2, 0.25) is 0 Å². The Labute approximate surface area is 161 Å². The van der Waals surface area contributed by atoms with Crippen LogP contribution in [0.4, 0.5) is 0 Å². The number of Topliss-reactive ketones (excluding diaryl/α,β-unsaturated/α-hetero) is 2. The molecule has 152 valence electrons. The molecule has 0 aliphatic carbocycles. The topological polar surface area (TPSA) is 93.1 Å². The Morgan fingerprint density at radius 1 is 0.963 bits per heavy atom. The first-order valence-corrected chi connectivity index (χ1v) is 9.45. The maximum absolute atomic E-state index is 12.3. The van der Waals surface area contributed by atoms with Crippen molar-refractivity contribution in [1.82, 2.24) is 0 Å². The Bertz CT molecular complexity index is 545. The summed E-state index contributed by atoms with van der Waals surface area (Å²) in [6.07, 6.45) is 1.61. The summed E-state index contributed by atoms with van der Waals surface area (Å²) < 4.78 is 10.0. The lowest BCUT2D eigenvalue weighted by Gasteiger charge is -2.15. The molecular weight excluding hydrogens is 348 g/mol. The maximum atomic E-state index is 12.3. The van der Waals surface area contributed by atoms with Gasteiger partial charge in [0.15, 0.2) is 5.78 Å². The monoisotopic (exact) mass is 380 g/mol. The molecule has 0 aliphatic rings. The number of aliphatic hydroxyl groups is 2. The van der Waals surface area contributed by atoms with E-state index in [1.807, 2.05) is 18.2 Å². The van der Waals surface area contributed by atoms with Gasteiger partial charge in [-0.2, -0.15) is 0 Å². The van der Waals surface area contributed by atoms with Crippen molar-refractivity contribution >= 4 is 11.6 Å². The van der Waals surface area contributed by atoms with E-state index in [9.17, 15) is 19.8 Å². The van der Waals surface area contributed by atoms with Crippen molar-refractivity contribution in [3.05, 3.63) is 35.9 Å². The van der Waals surface area contributed by atoms with Crippen molar-refractivity contribution in [2.75, 3.05) is 26.9 Å². The van der Waals surface area contributed by atoms with Crippen LogP contribution in [-0.2, 0) is 14.3 Å². The van der Waals surface area contributed by atoms with Gasteiger partial charge in [-0.1, -0.05) is 43.2 Å². The summed E-state index contributed by atoms with van der Waals surface area (Å²) in [6, 6.07) is 9.01. The van der Waals surface area contributed by atoms with Crippen molar-refractivity contribution in [1.29, 1.82) is 0 Å². The maximum Gasteiger partial charge on any atom is 0.163 e. The molecule has 3 unspecified atom stereocenters. The quantitative estimate of drug-likeness (QED) is 0.359. The molecule has 6 nitrogen and oxygen atoms in total. The highest BCUT2D eigenvalue weighted by Gasteiger charge is 2.19. The molecule has 0 heterocycles. The van der Waals surface area contributed by atoms with E-state index in [2.05, 4.69) is 0 Å². The van der Waals surface area contributed by atoms with Gasteiger partial charge in [-0.05, 0) is 19.8 Å². The Morgan fingerprint density at radius 3 is 2.22 bits per heavy atom. The second-order valence-electron chi connectivity index (χ2n) is 6.89. The molecule has 1 rings (SSSR count). The largest absolute Gasteiger partial charge is 0.391 e. The molecule has 0 aromatic heterocycles. The fraction of sp³-hybridized carbons (Fsp3) is 0.619. The van der Waals surface area contributed by atoms with Crippen LogP contribution in [-0.4, -0.2) is 60.9 Å². The lowest BCUT2D eigenvalue weighted by atomic mass is 9.90. The molecule has 6 heteroatoms. The smallest absolute Gasteiger partial charge is 0.163 e. The van der Waals surface area contributed by atoms with E-state index in [0.29, 0.717) is 18.4 Å². The Kier molecular flexibility index (Phi) is 11.8. The molecule has 0 amide bonds. The molecule has 1 aromatic carbocycles. The van der Waals surface area contributed by atoms with Crippen LogP contribution in [0.25, 0.3) is 0 Å². The van der Waals surface area contributed by atoms with Crippen LogP contribution >= 0.6 is 0 Å². The fourth-order valence-corrected chi connectivity index (χ4v) is 2.85. The Morgan fingerprint density at radius 2 is 1.59 bits per heavy atom. The van der Waals surface area contributed by atoms with Crippen LogP contribution in [0.5, 0.6) is 0 Å². The van der Waals surface area contributed by atoms with Gasteiger partial charge in [0.05, 0.1) is 25.9 Å². The molecule has 0 fully saturated rings. The highest BCUT2D eigenvalue weighted by molar-refractivity contribution is 5.98. The number of rotatable bonds is 15. The van der Waals surface area contributed by atoms with Crippen molar-refractivity contribution in [3.63, 3.8) is 0 Å².